The minimum absolute atomic E-state index is 0.255. The van der Waals surface area contributed by atoms with Crippen molar-refractivity contribution in [1.82, 2.24) is 5.32 Å². The fraction of sp³-hybridized carbons (Fsp3) is 0.111. The van der Waals surface area contributed by atoms with Gasteiger partial charge in [-0.05, 0) is 76.6 Å². The lowest BCUT2D eigenvalue weighted by molar-refractivity contribution is -0.115. The van der Waals surface area contributed by atoms with E-state index in [-0.39, 0.29) is 5.91 Å². The molecule has 0 aromatic heterocycles. The van der Waals surface area contributed by atoms with E-state index in [0.717, 1.165) is 23.2 Å². The Balaban J connectivity index is 1.94. The summed E-state index contributed by atoms with van der Waals surface area (Å²) in [5.74, 6) is -0.255. The third-order valence-electron chi connectivity index (χ3n) is 3.16. The molecule has 118 valence electrons. The maximum Gasteiger partial charge on any atom is 0.250 e. The summed E-state index contributed by atoms with van der Waals surface area (Å²) in [6.45, 7) is 2.08. The molecule has 0 bridgehead atoms. The Bertz CT molecular complexity index is 729. The van der Waals surface area contributed by atoms with Crippen molar-refractivity contribution in [1.29, 1.82) is 0 Å². The monoisotopic (exact) mass is 436 g/mol. The van der Waals surface area contributed by atoms with Gasteiger partial charge in [0, 0.05) is 15.3 Å². The van der Waals surface area contributed by atoms with Crippen molar-refractivity contribution in [3.8, 4) is 0 Å². The summed E-state index contributed by atoms with van der Waals surface area (Å²) in [4.78, 5) is 11.9. The zero-order valence-corrected chi connectivity index (χ0v) is 15.6. The van der Waals surface area contributed by atoms with E-state index in [0.29, 0.717) is 5.11 Å². The number of hydrogen-bond donors (Lipinski definition) is 2. The smallest absolute Gasteiger partial charge is 0.250 e. The molecule has 5 heteroatoms. The number of nitrogens with one attached hydrogen (secondary N) is 2. The molecule has 2 N–H and O–H groups in total. The van der Waals surface area contributed by atoms with Crippen LogP contribution in [0.2, 0.25) is 0 Å². The van der Waals surface area contributed by atoms with E-state index in [9.17, 15) is 4.79 Å². The Hall–Kier alpha value is -1.73. The minimum Gasteiger partial charge on any atom is -0.332 e. The lowest BCUT2D eigenvalue weighted by Gasteiger charge is -2.12. The topological polar surface area (TPSA) is 41.1 Å². The Morgan fingerprint density at radius 1 is 1.22 bits per heavy atom. The van der Waals surface area contributed by atoms with Gasteiger partial charge in [-0.15, -0.1) is 0 Å². The van der Waals surface area contributed by atoms with Gasteiger partial charge in [-0.2, -0.15) is 0 Å². The number of carbonyl (C=O) groups is 1. The van der Waals surface area contributed by atoms with Crippen molar-refractivity contribution in [2.45, 2.75) is 13.3 Å². The molecule has 2 aromatic carbocycles. The fourth-order valence-electron chi connectivity index (χ4n) is 2.02. The van der Waals surface area contributed by atoms with Crippen LogP contribution in [0.4, 0.5) is 5.69 Å². The molecule has 0 radical (unpaired) electrons. The molecule has 0 saturated heterocycles. The first kappa shape index (κ1) is 17.6. The number of amides is 1. The number of carbonyl (C=O) groups excluding carboxylic acids is 1. The highest BCUT2D eigenvalue weighted by Gasteiger charge is 2.05. The van der Waals surface area contributed by atoms with Crippen LogP contribution in [0.5, 0.6) is 0 Å². The van der Waals surface area contributed by atoms with Crippen LogP contribution in [0.3, 0.4) is 0 Å². The standard InChI is InChI=1S/C18H17IN2OS/c1-2-14-12-15(19)9-10-16(14)20-18(23)21-17(22)11-8-13-6-4-3-5-7-13/h3-12H,2H2,1H3,(H2,20,21,22,23). The molecule has 0 aliphatic rings. The molecular formula is C18H17IN2OS. The van der Waals surface area contributed by atoms with Crippen LogP contribution in [0.25, 0.3) is 6.08 Å². The Labute approximate surface area is 155 Å². The third-order valence-corrected chi connectivity index (χ3v) is 4.03. The molecule has 23 heavy (non-hydrogen) atoms. The van der Waals surface area contributed by atoms with Crippen LogP contribution < -0.4 is 10.6 Å². The zero-order valence-electron chi connectivity index (χ0n) is 12.7. The van der Waals surface area contributed by atoms with Crippen LogP contribution in [-0.4, -0.2) is 11.0 Å². The summed E-state index contributed by atoms with van der Waals surface area (Å²) in [5, 5.41) is 6.03. The van der Waals surface area contributed by atoms with Crippen molar-refractivity contribution in [2.75, 3.05) is 5.32 Å². The van der Waals surface area contributed by atoms with Crippen LogP contribution >= 0.6 is 34.8 Å². The van der Waals surface area contributed by atoms with E-state index in [2.05, 4.69) is 46.2 Å². The molecular weight excluding hydrogens is 419 g/mol. The SMILES string of the molecule is CCc1cc(I)ccc1NC(=S)NC(=O)C=Cc1ccccc1. The highest BCUT2D eigenvalue weighted by molar-refractivity contribution is 14.1. The maximum atomic E-state index is 11.9. The van der Waals surface area contributed by atoms with E-state index in [4.69, 9.17) is 12.2 Å². The van der Waals surface area contributed by atoms with Gasteiger partial charge in [0.2, 0.25) is 5.91 Å². The molecule has 3 nitrogen and oxygen atoms in total. The molecule has 0 aliphatic heterocycles. The van der Waals surface area contributed by atoms with Crippen molar-refractivity contribution in [2.24, 2.45) is 0 Å². The van der Waals surface area contributed by atoms with Gasteiger partial charge in [0.1, 0.15) is 0 Å². The summed E-state index contributed by atoms with van der Waals surface area (Å²) in [7, 11) is 0. The number of anilines is 1. The lowest BCUT2D eigenvalue weighted by atomic mass is 10.1. The Kier molecular flexibility index (Phi) is 6.73. The second-order valence-electron chi connectivity index (χ2n) is 4.84. The van der Waals surface area contributed by atoms with Crippen molar-refractivity contribution in [3.05, 3.63) is 69.3 Å². The number of halogens is 1. The molecule has 2 rings (SSSR count). The number of hydrogen-bond acceptors (Lipinski definition) is 2. The fourth-order valence-corrected chi connectivity index (χ4v) is 2.79. The lowest BCUT2D eigenvalue weighted by Crippen LogP contribution is -2.33. The van der Waals surface area contributed by atoms with Crippen LogP contribution in [0.1, 0.15) is 18.1 Å². The van der Waals surface area contributed by atoms with Gasteiger partial charge in [0.15, 0.2) is 5.11 Å². The van der Waals surface area contributed by atoms with E-state index in [1.165, 1.54) is 9.65 Å². The van der Waals surface area contributed by atoms with Crippen LogP contribution in [0.15, 0.2) is 54.6 Å². The first-order valence-corrected chi connectivity index (χ1v) is 8.70. The highest BCUT2D eigenvalue weighted by Crippen LogP contribution is 2.19. The normalized spacial score (nSPS) is 10.5. The number of aryl methyl sites for hydroxylation is 1. The second kappa shape index (κ2) is 8.79. The summed E-state index contributed by atoms with van der Waals surface area (Å²) in [6.07, 6.45) is 4.11. The Morgan fingerprint density at radius 3 is 2.65 bits per heavy atom. The Morgan fingerprint density at radius 2 is 1.96 bits per heavy atom. The van der Waals surface area contributed by atoms with E-state index in [1.54, 1.807) is 6.08 Å². The molecule has 0 saturated carbocycles. The summed E-state index contributed by atoms with van der Waals surface area (Å²) in [5.41, 5.74) is 3.05. The number of rotatable bonds is 4. The van der Waals surface area contributed by atoms with Gasteiger partial charge in [0.05, 0.1) is 0 Å². The summed E-state index contributed by atoms with van der Waals surface area (Å²) >= 11 is 7.48. The predicted octanol–water partition coefficient (Wildman–Crippen LogP) is 4.38. The molecule has 0 fully saturated rings. The van der Waals surface area contributed by atoms with Crippen molar-refractivity contribution >= 4 is 57.6 Å². The highest BCUT2D eigenvalue weighted by atomic mass is 127. The number of benzene rings is 2. The summed E-state index contributed by atoms with van der Waals surface area (Å²) in [6, 6.07) is 15.7. The quantitative estimate of drug-likeness (QED) is 0.425. The molecule has 1 amide bonds. The minimum atomic E-state index is -0.255. The first-order chi connectivity index (χ1) is 11.1. The molecule has 0 aliphatic carbocycles. The number of thiocarbonyl (C=S) groups is 1. The van der Waals surface area contributed by atoms with E-state index in [1.807, 2.05) is 42.5 Å². The molecule has 0 atom stereocenters. The van der Waals surface area contributed by atoms with Gasteiger partial charge < -0.3 is 5.32 Å². The van der Waals surface area contributed by atoms with Crippen LogP contribution in [0, 0.1) is 3.57 Å². The predicted molar refractivity (Wildman–Crippen MR) is 108 cm³/mol. The van der Waals surface area contributed by atoms with Gasteiger partial charge >= 0.3 is 0 Å². The average Bonchev–Trinajstić information content (AvgIpc) is 2.55. The summed E-state index contributed by atoms with van der Waals surface area (Å²) < 4.78 is 1.17. The third kappa shape index (κ3) is 5.76. The molecule has 0 unspecified atom stereocenters. The molecule has 0 spiro atoms. The first-order valence-electron chi connectivity index (χ1n) is 7.22. The second-order valence-corrected chi connectivity index (χ2v) is 6.50. The van der Waals surface area contributed by atoms with E-state index < -0.39 is 0 Å². The largest absolute Gasteiger partial charge is 0.332 e. The van der Waals surface area contributed by atoms with Crippen LogP contribution in [-0.2, 0) is 11.2 Å². The van der Waals surface area contributed by atoms with Gasteiger partial charge in [-0.1, -0.05) is 37.3 Å². The molecule has 0 heterocycles. The van der Waals surface area contributed by atoms with Gasteiger partial charge in [0.25, 0.3) is 0 Å². The van der Waals surface area contributed by atoms with Gasteiger partial charge in [-0.25, -0.2) is 0 Å². The van der Waals surface area contributed by atoms with E-state index >= 15 is 0 Å². The maximum absolute atomic E-state index is 11.9. The zero-order chi connectivity index (χ0) is 16.7. The van der Waals surface area contributed by atoms with Gasteiger partial charge in [-0.3, -0.25) is 10.1 Å². The molecule has 2 aromatic rings. The average molecular weight is 436 g/mol. The van der Waals surface area contributed by atoms with Crippen molar-refractivity contribution < 1.29 is 4.79 Å². The van der Waals surface area contributed by atoms with Crippen molar-refractivity contribution in [3.63, 3.8) is 0 Å².